The van der Waals surface area contributed by atoms with Crippen LogP contribution >= 0.6 is 0 Å². The number of hydrogen-bond donors (Lipinski definition) is 2. The van der Waals surface area contributed by atoms with Crippen molar-refractivity contribution in [2.75, 3.05) is 19.6 Å². The summed E-state index contributed by atoms with van der Waals surface area (Å²) in [5.74, 6) is -0.245. The maximum Gasteiger partial charge on any atom is 0.255 e. The third-order valence-corrected chi connectivity index (χ3v) is 7.57. The Balaban J connectivity index is 1.08. The van der Waals surface area contributed by atoms with Gasteiger partial charge in [0.25, 0.3) is 5.91 Å². The van der Waals surface area contributed by atoms with Crippen LogP contribution in [0.5, 0.6) is 5.75 Å². The number of carbonyl (C=O) groups is 3. The first kappa shape index (κ1) is 23.5. The van der Waals surface area contributed by atoms with Gasteiger partial charge in [0.1, 0.15) is 18.4 Å². The van der Waals surface area contributed by atoms with Gasteiger partial charge in [0, 0.05) is 55.8 Å². The molecular formula is C29H30N4O4. The quantitative estimate of drug-likeness (QED) is 0.595. The second-order valence-corrected chi connectivity index (χ2v) is 10.0. The Bertz CT molecular complexity index is 1310. The van der Waals surface area contributed by atoms with Gasteiger partial charge in [0.15, 0.2) is 0 Å². The zero-order valence-corrected chi connectivity index (χ0v) is 20.7. The molecule has 4 aliphatic heterocycles. The predicted octanol–water partition coefficient (Wildman–Crippen LogP) is 2.65. The first-order valence-electron chi connectivity index (χ1n) is 12.9. The molecule has 6 rings (SSSR count). The van der Waals surface area contributed by atoms with E-state index in [-0.39, 0.29) is 18.2 Å². The highest BCUT2D eigenvalue weighted by atomic mass is 16.5. The van der Waals surface area contributed by atoms with E-state index in [0.29, 0.717) is 30.9 Å². The summed E-state index contributed by atoms with van der Waals surface area (Å²) < 4.78 is 6.15. The van der Waals surface area contributed by atoms with Crippen molar-refractivity contribution in [3.63, 3.8) is 0 Å². The van der Waals surface area contributed by atoms with Gasteiger partial charge >= 0.3 is 0 Å². The number of imide groups is 1. The van der Waals surface area contributed by atoms with Gasteiger partial charge in [0.05, 0.1) is 6.54 Å². The molecule has 3 amide bonds. The van der Waals surface area contributed by atoms with Gasteiger partial charge in [-0.3, -0.25) is 24.6 Å². The molecule has 1 atom stereocenters. The van der Waals surface area contributed by atoms with E-state index in [9.17, 15) is 14.4 Å². The Hall–Kier alpha value is -3.91. The molecule has 2 aromatic carbocycles. The topological polar surface area (TPSA) is 91.0 Å². The van der Waals surface area contributed by atoms with E-state index in [0.717, 1.165) is 43.7 Å². The second-order valence-electron chi connectivity index (χ2n) is 10.0. The van der Waals surface area contributed by atoms with Gasteiger partial charge < -0.3 is 15.0 Å². The Morgan fingerprint density at radius 2 is 1.81 bits per heavy atom. The lowest BCUT2D eigenvalue weighted by atomic mass is 10.0. The lowest BCUT2D eigenvalue weighted by molar-refractivity contribution is -0.136. The summed E-state index contributed by atoms with van der Waals surface area (Å²) in [7, 11) is 0. The number of benzene rings is 2. The first-order valence-corrected chi connectivity index (χ1v) is 12.9. The van der Waals surface area contributed by atoms with Gasteiger partial charge in [-0.15, -0.1) is 0 Å². The highest BCUT2D eigenvalue weighted by Gasteiger charge is 2.40. The molecule has 2 aromatic rings. The molecule has 190 valence electrons. The fourth-order valence-electron chi connectivity index (χ4n) is 5.57. The number of rotatable bonds is 6. The lowest BCUT2D eigenvalue weighted by Crippen LogP contribution is -2.52. The van der Waals surface area contributed by atoms with Crippen LogP contribution in [0.4, 0.5) is 0 Å². The van der Waals surface area contributed by atoms with E-state index in [4.69, 9.17) is 4.74 Å². The van der Waals surface area contributed by atoms with Crippen molar-refractivity contribution in [3.8, 4) is 5.75 Å². The molecule has 8 heteroatoms. The fourth-order valence-corrected chi connectivity index (χ4v) is 5.57. The number of piperidine rings is 1. The van der Waals surface area contributed by atoms with E-state index in [1.165, 1.54) is 16.8 Å². The number of amides is 3. The molecule has 37 heavy (non-hydrogen) atoms. The molecule has 4 heterocycles. The monoisotopic (exact) mass is 498 g/mol. The number of carbonyl (C=O) groups excluding carboxylic acids is 3. The van der Waals surface area contributed by atoms with Gasteiger partial charge in [-0.05, 0) is 35.3 Å². The van der Waals surface area contributed by atoms with E-state index < -0.39 is 11.9 Å². The summed E-state index contributed by atoms with van der Waals surface area (Å²) in [6, 6.07) is 13.3. The van der Waals surface area contributed by atoms with Gasteiger partial charge in [-0.1, -0.05) is 42.5 Å². The summed E-state index contributed by atoms with van der Waals surface area (Å²) in [6.07, 6.45) is 6.08. The van der Waals surface area contributed by atoms with Crippen molar-refractivity contribution < 1.29 is 19.1 Å². The van der Waals surface area contributed by atoms with Crippen LogP contribution in [0.25, 0.3) is 0 Å². The number of hydrogen-bond acceptors (Lipinski definition) is 6. The van der Waals surface area contributed by atoms with Crippen molar-refractivity contribution in [2.24, 2.45) is 0 Å². The summed E-state index contributed by atoms with van der Waals surface area (Å²) in [6.45, 7) is 4.56. The van der Waals surface area contributed by atoms with Crippen LogP contribution in [-0.2, 0) is 29.3 Å². The molecule has 0 bridgehead atoms. The number of nitrogens with one attached hydrogen (secondary N) is 2. The van der Waals surface area contributed by atoms with Crippen molar-refractivity contribution in [2.45, 2.75) is 45.0 Å². The smallest absolute Gasteiger partial charge is 0.255 e. The Morgan fingerprint density at radius 3 is 2.65 bits per heavy atom. The molecule has 1 unspecified atom stereocenters. The van der Waals surface area contributed by atoms with Gasteiger partial charge in [-0.2, -0.15) is 0 Å². The SMILES string of the molecule is O=C1CCC(N2Cc3c(OCc4ccc(CN5CCC6=C(C=CCN6)C5)cc4)cccc3C2=O)C(=O)N1. The standard InChI is InChI=1S/C29H30N4O4/c34-27-11-10-25(28(35)31-27)33-17-23-22(29(33)36)4-1-5-26(23)37-18-20-8-6-19(7-9-20)15-32-14-12-24-21(16-32)3-2-13-30-24/h1-9,25,30H,10-18H2,(H,31,34,35). The minimum atomic E-state index is -0.633. The Labute approximate surface area is 216 Å². The average Bonchev–Trinajstić information content (AvgIpc) is 3.25. The van der Waals surface area contributed by atoms with Crippen molar-refractivity contribution in [1.29, 1.82) is 0 Å². The third kappa shape index (κ3) is 4.76. The average molecular weight is 499 g/mol. The van der Waals surface area contributed by atoms with Crippen molar-refractivity contribution in [3.05, 3.63) is 88.1 Å². The summed E-state index contributed by atoms with van der Waals surface area (Å²) in [4.78, 5) is 40.9. The number of fused-ring (bicyclic) bond motifs is 1. The summed E-state index contributed by atoms with van der Waals surface area (Å²) >= 11 is 0. The maximum absolute atomic E-state index is 13.0. The van der Waals surface area contributed by atoms with Crippen LogP contribution in [0.1, 0.15) is 46.3 Å². The summed E-state index contributed by atoms with van der Waals surface area (Å²) in [5, 5.41) is 5.83. The van der Waals surface area contributed by atoms with Crippen LogP contribution in [0.3, 0.4) is 0 Å². The maximum atomic E-state index is 13.0. The minimum absolute atomic E-state index is 0.195. The van der Waals surface area contributed by atoms with Crippen LogP contribution in [0.15, 0.2) is 65.9 Å². The predicted molar refractivity (Wildman–Crippen MR) is 137 cm³/mol. The van der Waals surface area contributed by atoms with E-state index >= 15 is 0 Å². The van der Waals surface area contributed by atoms with Crippen LogP contribution in [0.2, 0.25) is 0 Å². The molecule has 0 aliphatic carbocycles. The normalized spacial score (nSPS) is 21.5. The first-order chi connectivity index (χ1) is 18.0. The Kier molecular flexibility index (Phi) is 6.26. The van der Waals surface area contributed by atoms with Crippen LogP contribution in [-0.4, -0.2) is 53.2 Å². The highest BCUT2D eigenvalue weighted by molar-refractivity contribution is 6.05. The molecule has 0 spiro atoms. The lowest BCUT2D eigenvalue weighted by Gasteiger charge is -2.31. The molecule has 2 N–H and O–H groups in total. The number of nitrogens with zero attached hydrogens (tertiary/aromatic N) is 2. The highest BCUT2D eigenvalue weighted by Crippen LogP contribution is 2.34. The number of ether oxygens (including phenoxy) is 1. The molecule has 1 fully saturated rings. The van der Waals surface area contributed by atoms with Gasteiger partial charge in [-0.25, -0.2) is 0 Å². The molecule has 8 nitrogen and oxygen atoms in total. The molecule has 0 saturated carbocycles. The van der Waals surface area contributed by atoms with E-state index in [2.05, 4.69) is 52.0 Å². The number of dihydropyridines is 1. The van der Waals surface area contributed by atoms with Crippen molar-refractivity contribution >= 4 is 17.7 Å². The second kappa shape index (κ2) is 9.86. The molecule has 0 aromatic heterocycles. The zero-order chi connectivity index (χ0) is 25.4. The molecule has 1 saturated heterocycles. The summed E-state index contributed by atoms with van der Waals surface area (Å²) in [5.41, 5.74) is 6.45. The molecular weight excluding hydrogens is 468 g/mol. The van der Waals surface area contributed by atoms with E-state index in [1.54, 1.807) is 17.0 Å². The van der Waals surface area contributed by atoms with Crippen LogP contribution < -0.4 is 15.4 Å². The van der Waals surface area contributed by atoms with E-state index in [1.807, 2.05) is 6.07 Å². The molecule has 0 radical (unpaired) electrons. The minimum Gasteiger partial charge on any atom is -0.489 e. The fraction of sp³-hybridized carbons (Fsp3) is 0.345. The third-order valence-electron chi connectivity index (χ3n) is 7.57. The Morgan fingerprint density at radius 1 is 0.973 bits per heavy atom. The molecule has 4 aliphatic rings. The van der Waals surface area contributed by atoms with Crippen LogP contribution in [0, 0.1) is 0 Å². The van der Waals surface area contributed by atoms with Gasteiger partial charge in [0.2, 0.25) is 11.8 Å². The van der Waals surface area contributed by atoms with Crippen molar-refractivity contribution in [1.82, 2.24) is 20.4 Å². The zero-order valence-electron chi connectivity index (χ0n) is 20.7. The largest absolute Gasteiger partial charge is 0.489 e.